The fourth-order valence-electron chi connectivity index (χ4n) is 7.24. The van der Waals surface area contributed by atoms with Crippen LogP contribution in [0, 0.1) is 5.41 Å². The van der Waals surface area contributed by atoms with E-state index in [4.69, 9.17) is 14.7 Å². The first kappa shape index (κ1) is 25.6. The normalized spacial score (nSPS) is 26.4. The third-order valence-corrected chi connectivity index (χ3v) is 9.51. The molecule has 40 heavy (non-hydrogen) atoms. The van der Waals surface area contributed by atoms with E-state index < -0.39 is 5.41 Å². The van der Waals surface area contributed by atoms with Crippen LogP contribution in [0.5, 0.6) is 0 Å². The van der Waals surface area contributed by atoms with E-state index in [0.29, 0.717) is 37.2 Å². The van der Waals surface area contributed by atoms with Gasteiger partial charge in [-0.1, -0.05) is 12.8 Å². The number of hydrogen-bond acceptors (Lipinski definition) is 9. The molecule has 3 saturated heterocycles. The zero-order valence-electron chi connectivity index (χ0n) is 23.0. The number of amides is 2. The van der Waals surface area contributed by atoms with Gasteiger partial charge in [-0.05, 0) is 44.2 Å². The highest BCUT2D eigenvalue weighted by Crippen LogP contribution is 2.44. The molecule has 0 radical (unpaired) electrons. The quantitative estimate of drug-likeness (QED) is 0.545. The first-order valence-electron chi connectivity index (χ1n) is 14.9. The Labute approximate surface area is 234 Å². The highest BCUT2D eigenvalue weighted by Gasteiger charge is 2.56. The number of carbonyl (C=O) groups excluding carboxylic acids is 2. The van der Waals surface area contributed by atoms with Gasteiger partial charge < -0.3 is 20.3 Å². The molecule has 11 heteroatoms. The number of hydrogen-bond donors (Lipinski definition) is 2. The molecule has 2 aromatic rings. The highest BCUT2D eigenvalue weighted by atomic mass is 16.5. The van der Waals surface area contributed by atoms with E-state index in [2.05, 4.69) is 25.4 Å². The zero-order valence-corrected chi connectivity index (χ0v) is 23.0. The average Bonchev–Trinajstić information content (AvgIpc) is 3.66. The Morgan fingerprint density at radius 2 is 1.75 bits per heavy atom. The van der Waals surface area contributed by atoms with Gasteiger partial charge in [-0.2, -0.15) is 4.98 Å². The summed E-state index contributed by atoms with van der Waals surface area (Å²) in [6, 6.07) is 4.77. The third kappa shape index (κ3) is 4.58. The van der Waals surface area contributed by atoms with E-state index in [9.17, 15) is 9.59 Å². The molecule has 2 amide bonds. The lowest BCUT2D eigenvalue weighted by molar-refractivity contribution is -0.140. The van der Waals surface area contributed by atoms with Crippen molar-refractivity contribution in [3.8, 4) is 0 Å². The zero-order chi connectivity index (χ0) is 27.1. The summed E-state index contributed by atoms with van der Waals surface area (Å²) < 4.78 is 5.51. The monoisotopic (exact) mass is 546 g/mol. The van der Waals surface area contributed by atoms with Crippen molar-refractivity contribution in [2.24, 2.45) is 5.41 Å². The number of nitrogens with one attached hydrogen (secondary N) is 2. The predicted octanol–water partition coefficient (Wildman–Crippen LogP) is 2.25. The van der Waals surface area contributed by atoms with Gasteiger partial charge >= 0.3 is 0 Å². The maximum atomic E-state index is 13.8. The van der Waals surface area contributed by atoms with Crippen molar-refractivity contribution < 1.29 is 14.3 Å². The van der Waals surface area contributed by atoms with E-state index in [1.807, 2.05) is 23.2 Å². The number of rotatable bonds is 5. The van der Waals surface area contributed by atoms with E-state index >= 15 is 0 Å². The van der Waals surface area contributed by atoms with Gasteiger partial charge in [-0.25, -0.2) is 9.97 Å². The molecule has 11 nitrogen and oxygen atoms in total. The van der Waals surface area contributed by atoms with Crippen LogP contribution in [0.4, 0.5) is 23.3 Å². The van der Waals surface area contributed by atoms with Crippen molar-refractivity contribution in [3.63, 3.8) is 0 Å². The Bertz CT molecular complexity index is 1250. The minimum Gasteiger partial charge on any atom is -0.379 e. The number of pyridine rings is 1. The van der Waals surface area contributed by atoms with Crippen molar-refractivity contribution in [2.45, 2.75) is 63.5 Å². The average molecular weight is 547 g/mol. The maximum absolute atomic E-state index is 13.8. The van der Waals surface area contributed by atoms with E-state index in [-0.39, 0.29) is 17.9 Å². The first-order valence-corrected chi connectivity index (χ1v) is 14.9. The van der Waals surface area contributed by atoms with Gasteiger partial charge in [0.1, 0.15) is 17.1 Å². The lowest BCUT2D eigenvalue weighted by Gasteiger charge is -2.40. The highest BCUT2D eigenvalue weighted by molar-refractivity contribution is 6.14. The molecular weight excluding hydrogens is 508 g/mol. The topological polar surface area (TPSA) is 116 Å². The fraction of sp³-hybridized carbons (Fsp3) is 0.621. The van der Waals surface area contributed by atoms with Crippen molar-refractivity contribution in [3.05, 3.63) is 30.1 Å². The second-order valence-corrected chi connectivity index (χ2v) is 11.8. The molecule has 212 valence electrons. The molecule has 1 atom stereocenters. The Morgan fingerprint density at radius 1 is 0.950 bits per heavy atom. The minimum absolute atomic E-state index is 0.0768. The number of nitrogens with zero attached hydrogens (tertiary/aromatic N) is 6. The summed E-state index contributed by atoms with van der Waals surface area (Å²) in [5, 5.41) is 6.18. The number of carbonyl (C=O) groups is 2. The van der Waals surface area contributed by atoms with Crippen LogP contribution >= 0.6 is 0 Å². The number of anilines is 4. The molecule has 1 aliphatic carbocycles. The summed E-state index contributed by atoms with van der Waals surface area (Å²) in [4.78, 5) is 47.6. The van der Waals surface area contributed by atoms with Crippen LogP contribution in [0.1, 0.15) is 50.5 Å². The number of fused-ring (bicyclic) bond motifs is 1. The van der Waals surface area contributed by atoms with Crippen molar-refractivity contribution in [1.82, 2.24) is 25.2 Å². The van der Waals surface area contributed by atoms with Crippen LogP contribution in [0.2, 0.25) is 0 Å². The summed E-state index contributed by atoms with van der Waals surface area (Å²) in [7, 11) is 0. The van der Waals surface area contributed by atoms with Crippen LogP contribution in [-0.2, 0) is 20.7 Å². The van der Waals surface area contributed by atoms with Crippen LogP contribution in [-0.4, -0.2) is 89.7 Å². The molecule has 0 bridgehead atoms. The molecule has 7 rings (SSSR count). The number of aromatic nitrogens is 3. The first-order chi connectivity index (χ1) is 19.6. The Morgan fingerprint density at radius 3 is 2.45 bits per heavy atom. The molecule has 0 unspecified atom stereocenters. The summed E-state index contributed by atoms with van der Waals surface area (Å²) in [5.74, 6) is 1.80. The summed E-state index contributed by atoms with van der Waals surface area (Å²) in [6.45, 7) is 6.30. The summed E-state index contributed by atoms with van der Waals surface area (Å²) in [6.07, 6.45) is 10.8. The second kappa shape index (κ2) is 10.6. The van der Waals surface area contributed by atoms with Gasteiger partial charge in [0.05, 0.1) is 25.1 Å². The van der Waals surface area contributed by atoms with Crippen LogP contribution in [0.15, 0.2) is 24.5 Å². The smallest absolute Gasteiger partial charge is 0.244 e. The van der Waals surface area contributed by atoms with Gasteiger partial charge in [0.2, 0.25) is 17.8 Å². The van der Waals surface area contributed by atoms with Crippen LogP contribution < -0.4 is 20.4 Å². The maximum Gasteiger partial charge on any atom is 0.244 e. The molecule has 4 fully saturated rings. The van der Waals surface area contributed by atoms with E-state index in [1.165, 1.54) is 0 Å². The van der Waals surface area contributed by atoms with Crippen molar-refractivity contribution in [1.29, 1.82) is 0 Å². The molecule has 2 N–H and O–H groups in total. The summed E-state index contributed by atoms with van der Waals surface area (Å²) in [5.41, 5.74) is 0.640. The van der Waals surface area contributed by atoms with Gasteiger partial charge in [-0.15, -0.1) is 0 Å². The van der Waals surface area contributed by atoms with Crippen molar-refractivity contribution >= 4 is 35.1 Å². The third-order valence-electron chi connectivity index (χ3n) is 9.51. The molecule has 1 saturated carbocycles. The Hall–Kier alpha value is -3.31. The van der Waals surface area contributed by atoms with Gasteiger partial charge in [0, 0.05) is 63.0 Å². The van der Waals surface area contributed by atoms with Crippen molar-refractivity contribution in [2.75, 3.05) is 61.1 Å². The Kier molecular flexibility index (Phi) is 6.79. The predicted molar refractivity (Wildman–Crippen MR) is 151 cm³/mol. The number of piperidine rings is 1. The standard InChI is InChI=1S/C29H38N8O3/c38-26-29(9-10-30-26)17-20-18-32-28(34-25(20)37(27(29)39)23-3-1-2-4-23)33-21-5-6-24(31-19-21)36-11-7-22(8-12-36)35-13-15-40-16-14-35/h5-6,18-19,22-23H,1-4,7-17H2,(H,30,38)(H,32,33,34)/t29-/m1/s1. The van der Waals surface area contributed by atoms with E-state index in [0.717, 1.165) is 95.0 Å². The molecule has 0 aromatic carbocycles. The van der Waals surface area contributed by atoms with Gasteiger partial charge in [0.15, 0.2) is 0 Å². The van der Waals surface area contributed by atoms with E-state index in [1.54, 1.807) is 6.20 Å². The lowest BCUT2D eigenvalue weighted by atomic mass is 9.76. The number of ether oxygens (including phenoxy) is 1. The fourth-order valence-corrected chi connectivity index (χ4v) is 7.24. The van der Waals surface area contributed by atoms with Crippen LogP contribution in [0.25, 0.3) is 0 Å². The Balaban J connectivity index is 1.05. The number of morpholine rings is 1. The van der Waals surface area contributed by atoms with Gasteiger partial charge in [-0.3, -0.25) is 19.4 Å². The molecule has 2 aromatic heterocycles. The SMILES string of the molecule is O=C1NCC[C@@]12Cc1cnc(Nc3ccc(N4CCC(N5CCOCC5)CC4)nc3)nc1N(C1CCCC1)C2=O. The molecule has 4 aliphatic heterocycles. The van der Waals surface area contributed by atoms with Gasteiger partial charge in [0.25, 0.3) is 0 Å². The minimum atomic E-state index is -1.02. The molecular formula is C29H38N8O3. The summed E-state index contributed by atoms with van der Waals surface area (Å²) >= 11 is 0. The molecule has 1 spiro atoms. The van der Waals surface area contributed by atoms with Crippen LogP contribution in [0.3, 0.4) is 0 Å². The molecule has 6 heterocycles. The molecule has 5 aliphatic rings. The lowest BCUT2D eigenvalue weighted by Crippen LogP contribution is -2.56. The largest absolute Gasteiger partial charge is 0.379 e. The second-order valence-electron chi connectivity index (χ2n) is 11.8.